The Bertz CT molecular complexity index is 2400. The Morgan fingerprint density at radius 3 is 1.39 bits per heavy atom. The first-order chi connectivity index (χ1) is 36.0. The maximum absolute atomic E-state index is 14.5. The van der Waals surface area contributed by atoms with Crippen molar-refractivity contribution in [1.29, 1.82) is 0 Å². The molecule has 0 saturated carbocycles. The average molecular weight is 1070 g/mol. The van der Waals surface area contributed by atoms with Gasteiger partial charge in [0.05, 0.1) is 12.0 Å². The molecule has 8 amide bonds. The van der Waals surface area contributed by atoms with Crippen LogP contribution in [0.1, 0.15) is 102 Å². The number of quaternary nitrogens is 1. The highest BCUT2D eigenvalue weighted by atomic mass is 16.4. The van der Waals surface area contributed by atoms with Crippen molar-refractivity contribution in [3.05, 3.63) is 29.8 Å². The molecular formula is C48H61N9O19-4. The molecule has 0 spiro atoms. The number of likely N-dealkylation sites (tertiary alicyclic amines) is 4. The maximum atomic E-state index is 14.5. The fourth-order valence-corrected chi connectivity index (χ4v) is 9.95. The number of aliphatic carboxylic acids is 5. The molecule has 8 N–H and O–H groups in total. The molecule has 0 unspecified atom stereocenters. The Labute approximate surface area is 434 Å². The molecule has 76 heavy (non-hydrogen) atoms. The van der Waals surface area contributed by atoms with Crippen molar-refractivity contribution >= 4 is 77.1 Å². The first-order valence-corrected chi connectivity index (χ1v) is 25.0. The summed E-state index contributed by atoms with van der Waals surface area (Å²) in [6.45, 7) is 0.337. The number of benzene rings is 1. The molecule has 1 aromatic carbocycles. The van der Waals surface area contributed by atoms with Crippen LogP contribution in [0, 0.1) is 0 Å². The van der Waals surface area contributed by atoms with Crippen molar-refractivity contribution in [2.75, 3.05) is 26.2 Å². The second-order valence-electron chi connectivity index (χ2n) is 19.2. The number of hydrogen-bond donors (Lipinski definition) is 6. The summed E-state index contributed by atoms with van der Waals surface area (Å²) in [5.74, 6) is -15.2. The first-order valence-electron chi connectivity index (χ1n) is 25.0. The van der Waals surface area contributed by atoms with Gasteiger partial charge in [0.2, 0.25) is 41.4 Å². The lowest BCUT2D eigenvalue weighted by molar-refractivity contribution is -0.406. The summed E-state index contributed by atoms with van der Waals surface area (Å²) in [6.07, 6.45) is -2.77. The van der Waals surface area contributed by atoms with Crippen LogP contribution in [0.15, 0.2) is 24.3 Å². The van der Waals surface area contributed by atoms with E-state index in [1.54, 1.807) is 0 Å². The van der Waals surface area contributed by atoms with Crippen LogP contribution in [-0.4, -0.2) is 182 Å². The van der Waals surface area contributed by atoms with Crippen LogP contribution in [-0.2, 0) is 68.7 Å². The highest BCUT2D eigenvalue weighted by molar-refractivity contribution is 5.99. The van der Waals surface area contributed by atoms with Crippen molar-refractivity contribution in [3.63, 3.8) is 0 Å². The summed E-state index contributed by atoms with van der Waals surface area (Å²) in [6, 6.07) is -7.16. The van der Waals surface area contributed by atoms with E-state index in [4.69, 9.17) is 0 Å². The van der Waals surface area contributed by atoms with E-state index >= 15 is 0 Å². The van der Waals surface area contributed by atoms with Crippen molar-refractivity contribution in [2.45, 2.75) is 157 Å². The second-order valence-corrected chi connectivity index (χ2v) is 19.2. The number of nitrogens with zero attached hydrogens (tertiary/aromatic N) is 4. The number of hydrogen-bond acceptors (Lipinski definition) is 19. The van der Waals surface area contributed by atoms with Crippen LogP contribution in [0.3, 0.4) is 0 Å². The minimum Gasteiger partial charge on any atom is -0.550 e. The molecule has 4 heterocycles. The standard InChI is InChI=1S/C48H65N9O19/c49-27(13-16-36(59)60)40(67)51-29(15-18-38(63)64)44(71)55-20-2-6-33(55)46(73)57-22-4-8-35(57)47(74)56-21-3-7-34(56)45(72)54-19-1-5-32(54)43(70)52-30(23-25-9-11-26(58)12-10-25)42(69)50-28(14-17-37(61)62)41(68)53-31(48(75)76)24-39(65)66/h9-12,27-35,58H,1-8,13-24,49H2,(H,50,69)(H,51,67)(H,52,70)(H,53,68)(H,59,60)(H,61,62)(H,63,64)(H,65,66)(H,75,76)/p-4/t27-,28-,29-,30-,31-,32-,33-,34-,35-/m0/s1. The predicted octanol–water partition coefficient (Wildman–Crippen LogP) is -10.1. The zero-order chi connectivity index (χ0) is 56.0. The van der Waals surface area contributed by atoms with Crippen LogP contribution in [0.5, 0.6) is 5.75 Å². The molecule has 0 aromatic heterocycles. The van der Waals surface area contributed by atoms with Crippen molar-refractivity contribution in [1.82, 2.24) is 40.9 Å². The summed E-state index contributed by atoms with van der Waals surface area (Å²) in [5, 5.41) is 75.5. The van der Waals surface area contributed by atoms with Crippen LogP contribution in [0.25, 0.3) is 0 Å². The van der Waals surface area contributed by atoms with Crippen LogP contribution < -0.4 is 52.5 Å². The normalized spacial score (nSPS) is 21.1. The number of nitrogens with one attached hydrogen (secondary N) is 4. The summed E-state index contributed by atoms with van der Waals surface area (Å²) in [4.78, 5) is 173. The monoisotopic (exact) mass is 1070 g/mol. The third-order valence-corrected chi connectivity index (χ3v) is 13.9. The third kappa shape index (κ3) is 15.8. The first kappa shape index (κ1) is 59.0. The van der Waals surface area contributed by atoms with Crippen LogP contribution in [0.4, 0.5) is 0 Å². The average Bonchev–Trinajstić information content (AvgIpc) is 4.23. The highest BCUT2D eigenvalue weighted by Gasteiger charge is 2.48. The molecule has 416 valence electrons. The van der Waals surface area contributed by atoms with Gasteiger partial charge in [-0.3, -0.25) is 38.4 Å². The van der Waals surface area contributed by atoms with Crippen LogP contribution in [0.2, 0.25) is 0 Å². The van der Waals surface area contributed by atoms with E-state index in [1.807, 2.05) is 5.32 Å². The molecule has 28 heteroatoms. The summed E-state index contributed by atoms with van der Waals surface area (Å²) < 4.78 is 0. The summed E-state index contributed by atoms with van der Waals surface area (Å²) >= 11 is 0. The van der Waals surface area contributed by atoms with Gasteiger partial charge in [-0.2, -0.15) is 0 Å². The number of phenols is 1. The number of carboxylic acid groups (broad SMARTS) is 5. The fraction of sp³-hybridized carbons (Fsp3) is 0.604. The minimum atomic E-state index is -2.14. The topological polar surface area (TPSA) is 446 Å². The summed E-state index contributed by atoms with van der Waals surface area (Å²) in [5.41, 5.74) is 3.99. The molecule has 0 aliphatic carbocycles. The Hall–Kier alpha value is -7.91. The fourth-order valence-electron chi connectivity index (χ4n) is 9.95. The van der Waals surface area contributed by atoms with E-state index in [2.05, 4.69) is 21.7 Å². The Balaban J connectivity index is 1.30. The molecular weight excluding hydrogens is 1010 g/mol. The van der Waals surface area contributed by atoms with E-state index in [9.17, 15) is 93.0 Å². The van der Waals surface area contributed by atoms with E-state index in [0.717, 1.165) is 0 Å². The molecule has 28 nitrogen and oxygen atoms in total. The largest absolute Gasteiger partial charge is 0.550 e. The van der Waals surface area contributed by atoms with E-state index < -0.39 is 170 Å². The van der Waals surface area contributed by atoms with Gasteiger partial charge in [-0.15, -0.1) is 0 Å². The van der Waals surface area contributed by atoms with Crippen molar-refractivity contribution < 1.29 is 98.7 Å². The molecule has 0 radical (unpaired) electrons. The Morgan fingerprint density at radius 2 is 0.908 bits per heavy atom. The molecule has 9 atom stereocenters. The predicted molar refractivity (Wildman–Crippen MR) is 243 cm³/mol. The molecule has 0 bridgehead atoms. The SMILES string of the molecule is [NH3+][C@@H](CCC(=O)[O-])C(=O)N[C@@H](CCC(=O)[O-])C(=O)N1CCC[C@H]1C(=O)N1CCC[C@H]1C(=O)N1CCC[C@H]1C(=O)N1CCC[C@H]1C(=O)N[C@@H](Cc1ccc(O)cc1)C(=O)N[C@@H](CCC(=O)[O-])C(=O)N[C@@H](CC(=O)[O-])C(=O)[O-]. The maximum Gasteiger partial charge on any atom is 0.278 e. The molecule has 5 rings (SSSR count). The lowest BCUT2D eigenvalue weighted by atomic mass is 10.0. The molecule has 1 aromatic rings. The van der Waals surface area contributed by atoms with Gasteiger partial charge in [-0.05, 0) is 101 Å². The molecule has 4 aliphatic rings. The van der Waals surface area contributed by atoms with Gasteiger partial charge in [0, 0.05) is 69.3 Å². The quantitative estimate of drug-likeness (QED) is 0.0502. The Morgan fingerprint density at radius 1 is 0.500 bits per heavy atom. The summed E-state index contributed by atoms with van der Waals surface area (Å²) in [7, 11) is 0. The zero-order valence-electron chi connectivity index (χ0n) is 41.4. The van der Waals surface area contributed by atoms with Gasteiger partial charge in [-0.25, -0.2) is 0 Å². The van der Waals surface area contributed by atoms with E-state index in [-0.39, 0.29) is 70.5 Å². The van der Waals surface area contributed by atoms with Gasteiger partial charge in [0.25, 0.3) is 5.91 Å². The van der Waals surface area contributed by atoms with Gasteiger partial charge in [0.1, 0.15) is 48.0 Å². The lowest BCUT2D eigenvalue weighted by Gasteiger charge is -2.36. The number of carboxylic acids is 5. The van der Waals surface area contributed by atoms with Gasteiger partial charge in [-0.1, -0.05) is 12.1 Å². The third-order valence-electron chi connectivity index (χ3n) is 13.9. The number of carbonyl (C=O) groups excluding carboxylic acids is 13. The Kier molecular flexibility index (Phi) is 21.0. The highest BCUT2D eigenvalue weighted by Crippen LogP contribution is 2.31. The number of phenolic OH excluding ortho intramolecular Hbond substituents is 1. The van der Waals surface area contributed by atoms with Gasteiger partial charge < -0.3 is 101 Å². The molecule has 4 saturated heterocycles. The second kappa shape index (κ2) is 27.0. The molecule has 4 aliphatic heterocycles. The van der Waals surface area contributed by atoms with Crippen molar-refractivity contribution in [3.8, 4) is 5.75 Å². The van der Waals surface area contributed by atoms with E-state index in [0.29, 0.717) is 31.2 Å². The number of rotatable bonds is 26. The lowest BCUT2D eigenvalue weighted by Crippen LogP contribution is -2.69. The van der Waals surface area contributed by atoms with E-state index in [1.165, 1.54) is 43.9 Å². The van der Waals surface area contributed by atoms with Crippen molar-refractivity contribution in [2.24, 2.45) is 0 Å². The zero-order valence-corrected chi connectivity index (χ0v) is 41.4. The molecule has 4 fully saturated rings. The smallest absolute Gasteiger partial charge is 0.278 e. The minimum absolute atomic E-state index is 0.0528. The number of aromatic hydroxyl groups is 1. The van der Waals surface area contributed by atoms with Gasteiger partial charge in [0.15, 0.2) is 6.04 Å². The number of amides is 8. The number of carbonyl (C=O) groups is 13. The van der Waals surface area contributed by atoms with Gasteiger partial charge >= 0.3 is 0 Å². The van der Waals surface area contributed by atoms with Crippen LogP contribution >= 0.6 is 0 Å².